The lowest BCUT2D eigenvalue weighted by Crippen LogP contribution is -2.61. The monoisotopic (exact) mass is 426 g/mol. The number of nitrogens with zero attached hydrogens (tertiary/aromatic N) is 3. The van der Waals surface area contributed by atoms with Crippen LogP contribution in [0, 0.1) is 0 Å². The summed E-state index contributed by atoms with van der Waals surface area (Å²) in [5, 5.41) is 16.4. The molecule has 2 aliphatic rings. The number of fused-ring (bicyclic) bond motifs is 2. The molecule has 2 unspecified atom stereocenters. The maximum absolute atomic E-state index is 12.3. The van der Waals surface area contributed by atoms with E-state index >= 15 is 0 Å². The molecule has 9 heteroatoms. The first-order valence-electron chi connectivity index (χ1n) is 9.88. The molecule has 5 rings (SSSR count). The summed E-state index contributed by atoms with van der Waals surface area (Å²) in [5.41, 5.74) is -0.0410. The van der Waals surface area contributed by atoms with Crippen LogP contribution in [0.1, 0.15) is 25.3 Å². The summed E-state index contributed by atoms with van der Waals surface area (Å²) in [5.74, 6) is 1.25. The van der Waals surface area contributed by atoms with Gasteiger partial charge in [-0.2, -0.15) is 0 Å². The van der Waals surface area contributed by atoms with Crippen LogP contribution in [0.5, 0.6) is 11.5 Å². The number of benzene rings is 1. The van der Waals surface area contributed by atoms with Gasteiger partial charge < -0.3 is 19.5 Å². The number of ether oxygens (including phenoxy) is 2. The molecular formula is C21H22N4O4S. The zero-order valence-corrected chi connectivity index (χ0v) is 17.3. The highest BCUT2D eigenvalue weighted by Crippen LogP contribution is 2.34. The van der Waals surface area contributed by atoms with E-state index in [-0.39, 0.29) is 12.8 Å². The van der Waals surface area contributed by atoms with Gasteiger partial charge in [-0.1, -0.05) is 6.07 Å². The number of hydrogen-bond donors (Lipinski definition) is 2. The Morgan fingerprint density at radius 2 is 2.23 bits per heavy atom. The second-order valence-corrected chi connectivity index (χ2v) is 8.67. The van der Waals surface area contributed by atoms with Crippen LogP contribution in [-0.4, -0.2) is 46.0 Å². The van der Waals surface area contributed by atoms with Gasteiger partial charge in [0, 0.05) is 30.7 Å². The number of carbonyl (C=O) groups is 1. The molecule has 156 valence electrons. The Morgan fingerprint density at radius 1 is 1.37 bits per heavy atom. The number of thiophene rings is 1. The first-order valence-corrected chi connectivity index (χ1v) is 10.8. The minimum atomic E-state index is -1.00. The lowest BCUT2D eigenvalue weighted by atomic mass is 9.83. The predicted molar refractivity (Wildman–Crippen MR) is 113 cm³/mol. The van der Waals surface area contributed by atoms with E-state index in [1.165, 1.54) is 0 Å². The second-order valence-electron chi connectivity index (χ2n) is 7.78. The van der Waals surface area contributed by atoms with Crippen LogP contribution in [0.3, 0.4) is 0 Å². The summed E-state index contributed by atoms with van der Waals surface area (Å²) in [4.78, 5) is 24.5. The fourth-order valence-corrected chi connectivity index (χ4v) is 4.92. The van der Waals surface area contributed by atoms with Crippen molar-refractivity contribution >= 4 is 33.5 Å². The zero-order valence-electron chi connectivity index (χ0n) is 16.5. The van der Waals surface area contributed by atoms with Crippen molar-refractivity contribution in [1.29, 1.82) is 0 Å². The molecule has 1 aromatic carbocycles. The van der Waals surface area contributed by atoms with Crippen LogP contribution in [0.25, 0.3) is 10.2 Å². The number of rotatable bonds is 5. The van der Waals surface area contributed by atoms with Gasteiger partial charge in [-0.15, -0.1) is 11.3 Å². The van der Waals surface area contributed by atoms with Crippen molar-refractivity contribution in [2.24, 2.45) is 0 Å². The van der Waals surface area contributed by atoms with Crippen molar-refractivity contribution in [3.05, 3.63) is 41.4 Å². The standard InChI is InChI=1S/C21H22N4O4S/c1-13-9-21(19(26)27,23-10-14-2-3-16-17(8-14)29-12-28-16)5-6-25(13)20-22-11-15-4-7-30-18(15)24-20/h2-4,7-8,11,13,23H,5-6,9-10,12H2,1H3,(H,26,27). The van der Waals surface area contributed by atoms with Crippen molar-refractivity contribution in [2.75, 3.05) is 18.2 Å². The molecule has 8 nitrogen and oxygen atoms in total. The lowest BCUT2D eigenvalue weighted by Gasteiger charge is -2.43. The van der Waals surface area contributed by atoms with Gasteiger partial charge in [0.05, 0.1) is 0 Å². The number of carboxylic acid groups (broad SMARTS) is 1. The maximum atomic E-state index is 12.3. The summed E-state index contributed by atoms with van der Waals surface area (Å²) in [6.07, 6.45) is 2.75. The van der Waals surface area contributed by atoms with Gasteiger partial charge in [-0.05, 0) is 48.9 Å². The highest BCUT2D eigenvalue weighted by molar-refractivity contribution is 7.16. The molecule has 1 fully saturated rings. The summed E-state index contributed by atoms with van der Waals surface area (Å²) in [6, 6.07) is 7.66. The lowest BCUT2D eigenvalue weighted by molar-refractivity contribution is -0.146. The van der Waals surface area contributed by atoms with E-state index in [9.17, 15) is 9.90 Å². The van der Waals surface area contributed by atoms with E-state index in [0.717, 1.165) is 21.5 Å². The van der Waals surface area contributed by atoms with Gasteiger partial charge in [-0.25, -0.2) is 9.97 Å². The number of anilines is 1. The van der Waals surface area contributed by atoms with Crippen LogP contribution < -0.4 is 19.7 Å². The third-order valence-corrected chi connectivity index (χ3v) is 6.71. The quantitative estimate of drug-likeness (QED) is 0.643. The molecule has 0 aliphatic carbocycles. The molecule has 0 radical (unpaired) electrons. The minimum absolute atomic E-state index is 0.0171. The number of aromatic nitrogens is 2. The van der Waals surface area contributed by atoms with Crippen LogP contribution in [0.15, 0.2) is 35.8 Å². The summed E-state index contributed by atoms with van der Waals surface area (Å²) < 4.78 is 10.8. The third kappa shape index (κ3) is 3.33. The molecule has 2 N–H and O–H groups in total. The molecule has 0 saturated carbocycles. The van der Waals surface area contributed by atoms with E-state index < -0.39 is 11.5 Å². The van der Waals surface area contributed by atoms with Crippen LogP contribution in [0.4, 0.5) is 5.95 Å². The molecule has 0 amide bonds. The zero-order chi connectivity index (χ0) is 20.7. The smallest absolute Gasteiger partial charge is 0.324 e. The molecule has 2 aromatic heterocycles. The van der Waals surface area contributed by atoms with Crippen LogP contribution in [-0.2, 0) is 11.3 Å². The van der Waals surface area contributed by atoms with Crippen LogP contribution in [0.2, 0.25) is 0 Å². The first kappa shape index (κ1) is 19.1. The Hall–Kier alpha value is -2.91. The van der Waals surface area contributed by atoms with Gasteiger partial charge in [0.25, 0.3) is 0 Å². The molecular weight excluding hydrogens is 404 g/mol. The molecule has 1 saturated heterocycles. The first-order chi connectivity index (χ1) is 14.5. The number of hydrogen-bond acceptors (Lipinski definition) is 8. The van der Waals surface area contributed by atoms with Crippen molar-refractivity contribution in [1.82, 2.24) is 15.3 Å². The topological polar surface area (TPSA) is 96.8 Å². The van der Waals surface area contributed by atoms with E-state index in [0.29, 0.717) is 37.6 Å². The maximum Gasteiger partial charge on any atom is 0.324 e. The molecule has 30 heavy (non-hydrogen) atoms. The summed E-state index contributed by atoms with van der Waals surface area (Å²) >= 11 is 1.58. The Bertz CT molecular complexity index is 1100. The second kappa shape index (κ2) is 7.41. The van der Waals surface area contributed by atoms with Gasteiger partial charge in [0.15, 0.2) is 11.5 Å². The minimum Gasteiger partial charge on any atom is -0.480 e. The molecule has 3 aromatic rings. The average molecular weight is 426 g/mol. The number of piperidine rings is 1. The molecule has 2 aliphatic heterocycles. The Kier molecular flexibility index (Phi) is 4.71. The highest BCUT2D eigenvalue weighted by Gasteiger charge is 2.44. The largest absolute Gasteiger partial charge is 0.480 e. The van der Waals surface area contributed by atoms with E-state index in [1.807, 2.05) is 42.8 Å². The molecule has 2 atom stereocenters. The van der Waals surface area contributed by atoms with E-state index in [1.54, 1.807) is 11.3 Å². The fourth-order valence-electron chi connectivity index (χ4n) is 4.18. The normalized spacial score (nSPS) is 23.1. The predicted octanol–water partition coefficient (Wildman–Crippen LogP) is 3.02. The van der Waals surface area contributed by atoms with Crippen molar-refractivity contribution in [3.8, 4) is 11.5 Å². The fraction of sp³-hybridized carbons (Fsp3) is 0.381. The Balaban J connectivity index is 1.31. The molecule has 0 bridgehead atoms. The van der Waals surface area contributed by atoms with Crippen LogP contribution >= 0.6 is 11.3 Å². The van der Waals surface area contributed by atoms with E-state index in [2.05, 4.69) is 20.2 Å². The molecule has 4 heterocycles. The van der Waals surface area contributed by atoms with Gasteiger partial charge in [-0.3, -0.25) is 10.1 Å². The molecule has 0 spiro atoms. The summed E-state index contributed by atoms with van der Waals surface area (Å²) in [7, 11) is 0. The van der Waals surface area contributed by atoms with Gasteiger partial charge >= 0.3 is 5.97 Å². The number of aliphatic carboxylic acids is 1. The van der Waals surface area contributed by atoms with Crippen molar-refractivity contribution < 1.29 is 19.4 Å². The van der Waals surface area contributed by atoms with Crippen molar-refractivity contribution in [2.45, 2.75) is 37.9 Å². The Labute approximate surface area is 177 Å². The summed E-state index contributed by atoms with van der Waals surface area (Å²) in [6.45, 7) is 3.25. The SMILES string of the molecule is CC1CC(NCc2ccc3c(c2)OCO3)(C(=O)O)CCN1c1ncc2ccsc2n1. The van der Waals surface area contributed by atoms with Crippen molar-refractivity contribution in [3.63, 3.8) is 0 Å². The van der Waals surface area contributed by atoms with Gasteiger partial charge in [0.1, 0.15) is 10.4 Å². The highest BCUT2D eigenvalue weighted by atomic mass is 32.1. The van der Waals surface area contributed by atoms with E-state index in [4.69, 9.17) is 9.47 Å². The Morgan fingerprint density at radius 3 is 3.07 bits per heavy atom. The number of carboxylic acids is 1. The average Bonchev–Trinajstić information content (AvgIpc) is 3.40. The number of nitrogens with one attached hydrogen (secondary N) is 1. The van der Waals surface area contributed by atoms with Gasteiger partial charge in [0.2, 0.25) is 12.7 Å². The third-order valence-electron chi connectivity index (χ3n) is 5.88.